The van der Waals surface area contributed by atoms with Crippen molar-refractivity contribution >= 4 is 23.2 Å². The van der Waals surface area contributed by atoms with Gasteiger partial charge in [0.05, 0.1) is 17.9 Å². The summed E-state index contributed by atoms with van der Waals surface area (Å²) in [5, 5.41) is 4.32. The molecule has 5 nitrogen and oxygen atoms in total. The van der Waals surface area contributed by atoms with E-state index in [4.69, 9.17) is 0 Å². The summed E-state index contributed by atoms with van der Waals surface area (Å²) in [5.41, 5.74) is 4.99. The van der Waals surface area contributed by atoms with Crippen LogP contribution in [0, 0.1) is 0 Å². The Morgan fingerprint density at radius 2 is 1.15 bits per heavy atom. The molecule has 2 amide bonds. The minimum absolute atomic E-state index is 0.121. The molecule has 0 aliphatic heterocycles. The van der Waals surface area contributed by atoms with Crippen LogP contribution in [0.4, 0.5) is 11.4 Å². The zero-order valence-corrected chi connectivity index (χ0v) is 14.1. The summed E-state index contributed by atoms with van der Waals surface area (Å²) in [6.45, 7) is -0.121. The van der Waals surface area contributed by atoms with Crippen molar-refractivity contribution in [1.82, 2.24) is 10.7 Å². The molecule has 0 unspecified atom stereocenters. The van der Waals surface area contributed by atoms with E-state index in [1.165, 1.54) is 0 Å². The van der Waals surface area contributed by atoms with Crippen molar-refractivity contribution in [2.24, 2.45) is 0 Å². The molecule has 3 aromatic rings. The number of carbonyl (C=O) groups excluding carboxylic acids is 2. The van der Waals surface area contributed by atoms with Crippen LogP contribution in [0.5, 0.6) is 0 Å². The van der Waals surface area contributed by atoms with Crippen molar-refractivity contribution in [1.29, 1.82) is 0 Å². The molecule has 2 N–H and O–H groups in total. The van der Waals surface area contributed by atoms with Crippen LogP contribution < -0.4 is 15.8 Å². The molecule has 3 rings (SSSR count). The zero-order chi connectivity index (χ0) is 18.2. The first-order valence-electron chi connectivity index (χ1n) is 8.27. The van der Waals surface area contributed by atoms with Crippen molar-refractivity contribution in [3.63, 3.8) is 0 Å². The van der Waals surface area contributed by atoms with Crippen molar-refractivity contribution in [2.75, 3.05) is 11.6 Å². The molecule has 130 valence electrons. The molecule has 0 aliphatic rings. The van der Waals surface area contributed by atoms with Crippen LogP contribution in [0.15, 0.2) is 91.0 Å². The second-order valence-corrected chi connectivity index (χ2v) is 5.59. The van der Waals surface area contributed by atoms with Gasteiger partial charge in [-0.3, -0.25) is 20.0 Å². The number of para-hydroxylation sites is 2. The molecular weight excluding hydrogens is 326 g/mol. The minimum Gasteiger partial charge on any atom is -0.343 e. The number of amides is 2. The summed E-state index contributed by atoms with van der Waals surface area (Å²) in [4.78, 5) is 24.4. The third-order valence-corrected chi connectivity index (χ3v) is 3.71. The molecule has 0 saturated heterocycles. The Kier molecular flexibility index (Phi) is 5.62. The number of anilines is 2. The number of rotatable bonds is 6. The summed E-state index contributed by atoms with van der Waals surface area (Å²) < 4.78 is 0. The van der Waals surface area contributed by atoms with Gasteiger partial charge < -0.3 is 5.32 Å². The Hall–Kier alpha value is -3.60. The topological polar surface area (TPSA) is 61.4 Å². The molecule has 0 saturated carbocycles. The Balaban J connectivity index is 1.67. The highest BCUT2D eigenvalue weighted by Gasteiger charge is 2.13. The van der Waals surface area contributed by atoms with Crippen molar-refractivity contribution < 1.29 is 9.59 Å². The van der Waals surface area contributed by atoms with Gasteiger partial charge >= 0.3 is 0 Å². The molecule has 0 radical (unpaired) electrons. The number of nitrogens with one attached hydrogen (secondary N) is 2. The molecule has 0 aromatic heterocycles. The summed E-state index contributed by atoms with van der Waals surface area (Å²) >= 11 is 0. The zero-order valence-electron chi connectivity index (χ0n) is 14.1. The standard InChI is InChI=1S/C21H19N3O2/c25-20(16-22-21(26)17-10-4-1-5-11-17)23-24(18-12-6-2-7-13-18)19-14-8-3-9-15-19/h1-15H,16H2,(H,22,26)(H,23,25). The number of hydrogen-bond donors (Lipinski definition) is 2. The maximum atomic E-state index is 12.4. The largest absolute Gasteiger partial charge is 0.343 e. The third-order valence-electron chi connectivity index (χ3n) is 3.71. The van der Waals surface area contributed by atoms with E-state index in [9.17, 15) is 9.59 Å². The number of hydrazine groups is 1. The maximum absolute atomic E-state index is 12.4. The number of benzene rings is 3. The van der Waals surface area contributed by atoms with Crippen LogP contribution in [0.1, 0.15) is 10.4 Å². The summed E-state index contributed by atoms with van der Waals surface area (Å²) in [7, 11) is 0. The second-order valence-electron chi connectivity index (χ2n) is 5.59. The van der Waals surface area contributed by atoms with Gasteiger partial charge in [0.25, 0.3) is 11.8 Å². The second kappa shape index (κ2) is 8.48. The summed E-state index contributed by atoms with van der Waals surface area (Å²) in [5.74, 6) is -0.603. The summed E-state index contributed by atoms with van der Waals surface area (Å²) in [6, 6.07) is 27.8. The van der Waals surface area contributed by atoms with Crippen molar-refractivity contribution in [3.05, 3.63) is 96.6 Å². The average Bonchev–Trinajstić information content (AvgIpc) is 2.72. The normalized spacial score (nSPS) is 10.0. The lowest BCUT2D eigenvalue weighted by Crippen LogP contribution is -2.44. The van der Waals surface area contributed by atoms with E-state index in [-0.39, 0.29) is 18.4 Å². The molecular formula is C21H19N3O2. The van der Waals surface area contributed by atoms with E-state index in [2.05, 4.69) is 10.7 Å². The van der Waals surface area contributed by atoms with Gasteiger partial charge in [-0.05, 0) is 36.4 Å². The first kappa shape index (κ1) is 17.2. The van der Waals surface area contributed by atoms with Gasteiger partial charge in [-0.2, -0.15) is 0 Å². The molecule has 0 heterocycles. The highest BCUT2D eigenvalue weighted by atomic mass is 16.2. The Morgan fingerprint density at radius 1 is 0.692 bits per heavy atom. The van der Waals surface area contributed by atoms with Gasteiger partial charge in [0.2, 0.25) is 0 Å². The molecule has 26 heavy (non-hydrogen) atoms. The lowest BCUT2D eigenvalue weighted by atomic mass is 10.2. The van der Waals surface area contributed by atoms with Gasteiger partial charge in [-0.15, -0.1) is 0 Å². The Bertz CT molecular complexity index is 813. The highest BCUT2D eigenvalue weighted by molar-refractivity contribution is 5.96. The van der Waals surface area contributed by atoms with Gasteiger partial charge in [0.1, 0.15) is 0 Å². The lowest BCUT2D eigenvalue weighted by Gasteiger charge is -2.25. The molecule has 5 heteroatoms. The van der Waals surface area contributed by atoms with Crippen LogP contribution in [0.2, 0.25) is 0 Å². The van der Waals surface area contributed by atoms with E-state index < -0.39 is 0 Å². The highest BCUT2D eigenvalue weighted by Crippen LogP contribution is 2.22. The van der Waals surface area contributed by atoms with E-state index >= 15 is 0 Å². The first-order valence-corrected chi connectivity index (χ1v) is 8.27. The Labute approximate surface area is 152 Å². The molecule has 0 spiro atoms. The van der Waals surface area contributed by atoms with Gasteiger partial charge in [0.15, 0.2) is 0 Å². The fraction of sp³-hybridized carbons (Fsp3) is 0.0476. The van der Waals surface area contributed by atoms with Crippen LogP contribution in [-0.2, 0) is 4.79 Å². The molecule has 3 aromatic carbocycles. The van der Waals surface area contributed by atoms with E-state index in [0.717, 1.165) is 11.4 Å². The lowest BCUT2D eigenvalue weighted by molar-refractivity contribution is -0.120. The molecule has 0 fully saturated rings. The number of nitrogens with zero attached hydrogens (tertiary/aromatic N) is 1. The van der Waals surface area contributed by atoms with E-state index in [0.29, 0.717) is 5.56 Å². The quantitative estimate of drug-likeness (QED) is 0.674. The maximum Gasteiger partial charge on any atom is 0.258 e. The minimum atomic E-state index is -0.318. The van der Waals surface area contributed by atoms with E-state index in [1.807, 2.05) is 66.7 Å². The van der Waals surface area contributed by atoms with Gasteiger partial charge in [-0.25, -0.2) is 0 Å². The Morgan fingerprint density at radius 3 is 1.65 bits per heavy atom. The smallest absolute Gasteiger partial charge is 0.258 e. The predicted octanol–water partition coefficient (Wildman–Crippen LogP) is 3.29. The van der Waals surface area contributed by atoms with Crippen molar-refractivity contribution in [3.8, 4) is 0 Å². The van der Waals surface area contributed by atoms with E-state index in [1.54, 1.807) is 29.3 Å². The molecule has 0 atom stereocenters. The van der Waals surface area contributed by atoms with Crippen LogP contribution in [0.25, 0.3) is 0 Å². The number of hydrogen-bond acceptors (Lipinski definition) is 3. The van der Waals surface area contributed by atoms with Gasteiger partial charge in [0, 0.05) is 5.56 Å². The summed E-state index contributed by atoms with van der Waals surface area (Å²) in [6.07, 6.45) is 0. The van der Waals surface area contributed by atoms with Crippen LogP contribution in [-0.4, -0.2) is 18.4 Å². The predicted molar refractivity (Wildman–Crippen MR) is 102 cm³/mol. The third kappa shape index (κ3) is 4.48. The number of carbonyl (C=O) groups is 2. The first-order chi connectivity index (χ1) is 12.7. The van der Waals surface area contributed by atoms with Crippen molar-refractivity contribution in [2.45, 2.75) is 0 Å². The van der Waals surface area contributed by atoms with Crippen LogP contribution in [0.3, 0.4) is 0 Å². The van der Waals surface area contributed by atoms with Crippen LogP contribution >= 0.6 is 0 Å². The monoisotopic (exact) mass is 345 g/mol. The molecule has 0 bridgehead atoms. The fourth-order valence-electron chi connectivity index (χ4n) is 2.45. The average molecular weight is 345 g/mol. The van der Waals surface area contributed by atoms with Gasteiger partial charge in [-0.1, -0.05) is 54.6 Å². The fourth-order valence-corrected chi connectivity index (χ4v) is 2.45. The SMILES string of the molecule is O=C(CNC(=O)c1ccccc1)NN(c1ccccc1)c1ccccc1. The molecule has 0 aliphatic carbocycles.